The fraction of sp³-hybridized carbons (Fsp3) is 0.250. The lowest BCUT2D eigenvalue weighted by atomic mass is 10.0. The lowest BCUT2D eigenvalue weighted by molar-refractivity contribution is 0.523. The van der Waals surface area contributed by atoms with Crippen LogP contribution in [0.1, 0.15) is 31.7 Å². The highest BCUT2D eigenvalue weighted by Crippen LogP contribution is 2.34. The number of nitrogens with zero attached hydrogens (tertiary/aromatic N) is 2. The SMILES string of the molecule is Clc1ccc(-c2ccc(-c3cncn3C3CCCC3)cc2)cc1. The highest BCUT2D eigenvalue weighted by molar-refractivity contribution is 6.30. The first-order valence-corrected chi connectivity index (χ1v) is 8.57. The number of halogens is 1. The first-order chi connectivity index (χ1) is 11.3. The third-order valence-corrected chi connectivity index (χ3v) is 4.99. The van der Waals surface area contributed by atoms with E-state index < -0.39 is 0 Å². The normalized spacial score (nSPS) is 15.2. The van der Waals surface area contributed by atoms with Crippen LogP contribution in [0.5, 0.6) is 0 Å². The summed E-state index contributed by atoms with van der Waals surface area (Å²) in [6.45, 7) is 0. The van der Waals surface area contributed by atoms with Gasteiger partial charge < -0.3 is 4.57 Å². The summed E-state index contributed by atoms with van der Waals surface area (Å²) in [5.74, 6) is 0. The maximum atomic E-state index is 5.96. The molecular weight excluding hydrogens is 304 g/mol. The fourth-order valence-corrected chi connectivity index (χ4v) is 3.60. The number of benzene rings is 2. The van der Waals surface area contributed by atoms with E-state index in [0.717, 1.165) is 5.02 Å². The summed E-state index contributed by atoms with van der Waals surface area (Å²) in [4.78, 5) is 4.38. The van der Waals surface area contributed by atoms with E-state index in [-0.39, 0.29) is 0 Å². The topological polar surface area (TPSA) is 17.8 Å². The molecule has 23 heavy (non-hydrogen) atoms. The number of rotatable bonds is 3. The van der Waals surface area contributed by atoms with Gasteiger partial charge in [-0.3, -0.25) is 0 Å². The maximum Gasteiger partial charge on any atom is 0.0953 e. The quantitative estimate of drug-likeness (QED) is 0.579. The fourth-order valence-electron chi connectivity index (χ4n) is 3.48. The molecule has 1 saturated carbocycles. The average molecular weight is 323 g/mol. The molecular formula is C20H19ClN2. The van der Waals surface area contributed by atoms with E-state index in [4.69, 9.17) is 11.6 Å². The lowest BCUT2D eigenvalue weighted by Gasteiger charge is -2.15. The van der Waals surface area contributed by atoms with Crippen LogP contribution in [0.15, 0.2) is 61.1 Å². The molecule has 1 fully saturated rings. The van der Waals surface area contributed by atoms with Crippen molar-refractivity contribution in [2.45, 2.75) is 31.7 Å². The van der Waals surface area contributed by atoms with E-state index in [9.17, 15) is 0 Å². The molecule has 0 spiro atoms. The molecule has 116 valence electrons. The van der Waals surface area contributed by atoms with Crippen molar-refractivity contribution < 1.29 is 0 Å². The number of hydrogen-bond acceptors (Lipinski definition) is 1. The van der Waals surface area contributed by atoms with Gasteiger partial charge in [-0.25, -0.2) is 4.98 Å². The van der Waals surface area contributed by atoms with E-state index in [1.807, 2.05) is 24.7 Å². The van der Waals surface area contributed by atoms with Crippen LogP contribution in [0.2, 0.25) is 5.02 Å². The highest BCUT2D eigenvalue weighted by Gasteiger charge is 2.19. The van der Waals surface area contributed by atoms with Crippen molar-refractivity contribution in [3.63, 3.8) is 0 Å². The molecule has 0 amide bonds. The molecule has 0 unspecified atom stereocenters. The Kier molecular flexibility index (Phi) is 3.92. The summed E-state index contributed by atoms with van der Waals surface area (Å²) >= 11 is 5.96. The molecule has 4 rings (SSSR count). The van der Waals surface area contributed by atoms with E-state index in [1.165, 1.54) is 48.1 Å². The third-order valence-electron chi connectivity index (χ3n) is 4.74. The van der Waals surface area contributed by atoms with Crippen molar-refractivity contribution in [1.82, 2.24) is 9.55 Å². The molecule has 2 aromatic carbocycles. The minimum absolute atomic E-state index is 0.614. The predicted octanol–water partition coefficient (Wildman–Crippen LogP) is 5.99. The van der Waals surface area contributed by atoms with Gasteiger partial charge in [0.25, 0.3) is 0 Å². The van der Waals surface area contributed by atoms with Gasteiger partial charge in [-0.15, -0.1) is 0 Å². The molecule has 0 N–H and O–H groups in total. The van der Waals surface area contributed by atoms with E-state index in [1.54, 1.807) is 0 Å². The Balaban J connectivity index is 1.64. The van der Waals surface area contributed by atoms with Crippen LogP contribution in [-0.4, -0.2) is 9.55 Å². The summed E-state index contributed by atoms with van der Waals surface area (Å²) in [6, 6.07) is 17.3. The minimum Gasteiger partial charge on any atom is -0.328 e. The Morgan fingerprint density at radius 2 is 1.39 bits per heavy atom. The van der Waals surface area contributed by atoms with Crippen LogP contribution < -0.4 is 0 Å². The summed E-state index contributed by atoms with van der Waals surface area (Å²) in [5.41, 5.74) is 4.84. The molecule has 2 nitrogen and oxygen atoms in total. The second-order valence-corrected chi connectivity index (χ2v) is 6.65. The van der Waals surface area contributed by atoms with Gasteiger partial charge in [-0.05, 0) is 41.7 Å². The molecule has 1 heterocycles. The lowest BCUT2D eigenvalue weighted by Crippen LogP contribution is -2.04. The molecule has 1 aliphatic rings. The Bertz CT molecular complexity index is 781. The Morgan fingerprint density at radius 1 is 0.826 bits per heavy atom. The van der Waals surface area contributed by atoms with Crippen molar-refractivity contribution in [2.75, 3.05) is 0 Å². The summed E-state index contributed by atoms with van der Waals surface area (Å²) in [5, 5.41) is 0.769. The summed E-state index contributed by atoms with van der Waals surface area (Å²) in [7, 11) is 0. The molecule has 3 heteroatoms. The largest absolute Gasteiger partial charge is 0.328 e. The second kappa shape index (κ2) is 6.21. The van der Waals surface area contributed by atoms with Gasteiger partial charge in [0.15, 0.2) is 0 Å². The number of hydrogen-bond donors (Lipinski definition) is 0. The zero-order valence-corrected chi connectivity index (χ0v) is 13.7. The predicted molar refractivity (Wildman–Crippen MR) is 95.6 cm³/mol. The molecule has 3 aromatic rings. The van der Waals surface area contributed by atoms with Crippen molar-refractivity contribution >= 4 is 11.6 Å². The van der Waals surface area contributed by atoms with Crippen molar-refractivity contribution in [1.29, 1.82) is 0 Å². The standard InChI is InChI=1S/C20H19ClN2/c21-18-11-9-16(10-12-18)15-5-7-17(8-6-15)20-13-22-14-23(20)19-3-1-2-4-19/h5-14,19H,1-4H2. The summed E-state index contributed by atoms with van der Waals surface area (Å²) < 4.78 is 2.35. The number of imidazole rings is 1. The van der Waals surface area contributed by atoms with Gasteiger partial charge in [0, 0.05) is 11.1 Å². The van der Waals surface area contributed by atoms with E-state index >= 15 is 0 Å². The smallest absolute Gasteiger partial charge is 0.0953 e. The van der Waals surface area contributed by atoms with Crippen LogP contribution >= 0.6 is 11.6 Å². The van der Waals surface area contributed by atoms with Gasteiger partial charge in [-0.2, -0.15) is 0 Å². The van der Waals surface area contributed by atoms with Gasteiger partial charge >= 0.3 is 0 Å². The van der Waals surface area contributed by atoms with E-state index in [0.29, 0.717) is 6.04 Å². The van der Waals surface area contributed by atoms with Crippen molar-refractivity contribution in [3.05, 3.63) is 66.1 Å². The third kappa shape index (κ3) is 2.91. The second-order valence-electron chi connectivity index (χ2n) is 6.21. The van der Waals surface area contributed by atoms with E-state index in [2.05, 4.69) is 45.9 Å². The van der Waals surface area contributed by atoms with Gasteiger partial charge in [0.05, 0.1) is 18.2 Å². The summed E-state index contributed by atoms with van der Waals surface area (Å²) in [6.07, 6.45) is 9.17. The Morgan fingerprint density at radius 3 is 2.04 bits per heavy atom. The first-order valence-electron chi connectivity index (χ1n) is 8.19. The van der Waals surface area contributed by atoms with Crippen LogP contribution in [0, 0.1) is 0 Å². The zero-order valence-electron chi connectivity index (χ0n) is 13.0. The van der Waals surface area contributed by atoms with Crippen LogP contribution in [0.4, 0.5) is 0 Å². The molecule has 1 aliphatic carbocycles. The van der Waals surface area contributed by atoms with Gasteiger partial charge in [-0.1, -0.05) is 60.8 Å². The molecule has 1 aromatic heterocycles. The zero-order chi connectivity index (χ0) is 15.6. The molecule has 0 bridgehead atoms. The van der Waals surface area contributed by atoms with Crippen molar-refractivity contribution in [2.24, 2.45) is 0 Å². The van der Waals surface area contributed by atoms with Crippen LogP contribution in [0.25, 0.3) is 22.4 Å². The van der Waals surface area contributed by atoms with Crippen LogP contribution in [0.3, 0.4) is 0 Å². The molecule has 0 atom stereocenters. The number of aromatic nitrogens is 2. The van der Waals surface area contributed by atoms with Gasteiger partial charge in [0.2, 0.25) is 0 Å². The minimum atomic E-state index is 0.614. The monoisotopic (exact) mass is 322 g/mol. The average Bonchev–Trinajstić information content (AvgIpc) is 3.27. The van der Waals surface area contributed by atoms with Crippen LogP contribution in [-0.2, 0) is 0 Å². The maximum absolute atomic E-state index is 5.96. The molecule has 0 radical (unpaired) electrons. The molecule has 0 aliphatic heterocycles. The Hall–Kier alpha value is -2.06. The Labute approximate surface area is 141 Å². The van der Waals surface area contributed by atoms with Gasteiger partial charge in [0.1, 0.15) is 0 Å². The highest BCUT2D eigenvalue weighted by atomic mass is 35.5. The molecule has 0 saturated heterocycles. The van der Waals surface area contributed by atoms with Crippen molar-refractivity contribution in [3.8, 4) is 22.4 Å². The first kappa shape index (κ1) is 14.5.